The first-order chi connectivity index (χ1) is 5.31. The minimum atomic E-state index is -0.358. The molecule has 0 saturated heterocycles. The van der Waals surface area contributed by atoms with E-state index in [0.29, 0.717) is 11.8 Å². The van der Waals surface area contributed by atoms with Gasteiger partial charge < -0.3 is 5.11 Å². The Hall–Kier alpha value is -0.300. The molecular formula is C10H14O. The lowest BCUT2D eigenvalue weighted by atomic mass is 9.78. The molecule has 2 bridgehead atoms. The zero-order valence-corrected chi connectivity index (χ0v) is 6.66. The molecule has 60 valence electrons. The molecular weight excluding hydrogens is 136 g/mol. The van der Waals surface area contributed by atoms with Crippen molar-refractivity contribution in [2.75, 3.05) is 0 Å². The topological polar surface area (TPSA) is 20.2 Å². The minimum absolute atomic E-state index is 0.358. The Labute approximate surface area is 67.1 Å². The van der Waals surface area contributed by atoms with E-state index in [-0.39, 0.29) is 5.60 Å². The third kappa shape index (κ3) is 0.572. The third-order valence-electron chi connectivity index (χ3n) is 4.07. The normalized spacial score (nSPS) is 58.8. The second kappa shape index (κ2) is 1.71. The lowest BCUT2D eigenvalue weighted by Crippen LogP contribution is -2.38. The minimum Gasteiger partial charge on any atom is -0.385 e. The SMILES string of the molecule is OC12C=CCC1C1CCC2C1. The van der Waals surface area contributed by atoms with E-state index in [4.69, 9.17) is 0 Å². The highest BCUT2D eigenvalue weighted by Crippen LogP contribution is 2.58. The molecule has 2 fully saturated rings. The van der Waals surface area contributed by atoms with Gasteiger partial charge in [0.25, 0.3) is 0 Å². The summed E-state index contributed by atoms with van der Waals surface area (Å²) in [7, 11) is 0. The number of rotatable bonds is 0. The standard InChI is InChI=1S/C10H14O/c11-10-5-1-2-9(10)7-3-4-8(10)6-7/h1,5,7-9,11H,2-4,6H2. The largest absolute Gasteiger partial charge is 0.385 e. The van der Waals surface area contributed by atoms with Gasteiger partial charge in [-0.15, -0.1) is 0 Å². The molecule has 0 heterocycles. The second-order valence-electron chi connectivity index (χ2n) is 4.40. The lowest BCUT2D eigenvalue weighted by Gasteiger charge is -2.33. The first-order valence-corrected chi connectivity index (χ1v) is 4.71. The fourth-order valence-corrected chi connectivity index (χ4v) is 3.53. The fourth-order valence-electron chi connectivity index (χ4n) is 3.53. The van der Waals surface area contributed by atoms with Crippen LogP contribution in [0.3, 0.4) is 0 Å². The van der Waals surface area contributed by atoms with Crippen molar-refractivity contribution in [1.29, 1.82) is 0 Å². The molecule has 1 heteroatoms. The number of allylic oxidation sites excluding steroid dienone is 1. The first kappa shape index (κ1) is 6.24. The van der Waals surface area contributed by atoms with Crippen LogP contribution in [0, 0.1) is 17.8 Å². The summed E-state index contributed by atoms with van der Waals surface area (Å²) in [5.74, 6) is 2.05. The van der Waals surface area contributed by atoms with Crippen molar-refractivity contribution < 1.29 is 5.11 Å². The smallest absolute Gasteiger partial charge is 0.0889 e. The van der Waals surface area contributed by atoms with Gasteiger partial charge in [0.1, 0.15) is 0 Å². The van der Waals surface area contributed by atoms with E-state index in [1.807, 2.05) is 0 Å². The third-order valence-corrected chi connectivity index (χ3v) is 4.07. The molecule has 4 unspecified atom stereocenters. The molecule has 1 N–H and O–H groups in total. The van der Waals surface area contributed by atoms with Gasteiger partial charge in [-0.3, -0.25) is 0 Å². The summed E-state index contributed by atoms with van der Waals surface area (Å²) >= 11 is 0. The van der Waals surface area contributed by atoms with Gasteiger partial charge in [0, 0.05) is 0 Å². The molecule has 0 aromatic heterocycles. The zero-order chi connectivity index (χ0) is 7.47. The molecule has 0 spiro atoms. The van der Waals surface area contributed by atoms with Gasteiger partial charge in [-0.25, -0.2) is 0 Å². The van der Waals surface area contributed by atoms with Crippen LogP contribution >= 0.6 is 0 Å². The fraction of sp³-hybridized carbons (Fsp3) is 0.800. The van der Waals surface area contributed by atoms with Crippen LogP contribution in [0.25, 0.3) is 0 Å². The van der Waals surface area contributed by atoms with Crippen LogP contribution in [0.1, 0.15) is 25.7 Å². The van der Waals surface area contributed by atoms with Crippen LogP contribution in [0.2, 0.25) is 0 Å². The highest BCUT2D eigenvalue weighted by Gasteiger charge is 2.56. The maximum Gasteiger partial charge on any atom is 0.0889 e. The molecule has 0 aromatic carbocycles. The highest BCUT2D eigenvalue weighted by molar-refractivity contribution is 5.22. The summed E-state index contributed by atoms with van der Waals surface area (Å²) in [4.78, 5) is 0. The molecule has 0 amide bonds. The van der Waals surface area contributed by atoms with Crippen LogP contribution in [0.15, 0.2) is 12.2 Å². The van der Waals surface area contributed by atoms with Crippen molar-refractivity contribution in [2.45, 2.75) is 31.3 Å². The van der Waals surface area contributed by atoms with E-state index in [0.717, 1.165) is 12.3 Å². The van der Waals surface area contributed by atoms with Crippen molar-refractivity contribution >= 4 is 0 Å². The average Bonchev–Trinajstić information content (AvgIpc) is 2.54. The molecule has 0 aliphatic heterocycles. The Morgan fingerprint density at radius 3 is 3.09 bits per heavy atom. The highest BCUT2D eigenvalue weighted by atomic mass is 16.3. The van der Waals surface area contributed by atoms with Crippen LogP contribution in [-0.4, -0.2) is 10.7 Å². The Kier molecular flexibility index (Phi) is 0.972. The monoisotopic (exact) mass is 150 g/mol. The predicted octanol–water partition coefficient (Wildman–Crippen LogP) is 1.72. The number of hydrogen-bond acceptors (Lipinski definition) is 1. The van der Waals surface area contributed by atoms with E-state index < -0.39 is 0 Å². The average molecular weight is 150 g/mol. The quantitative estimate of drug-likeness (QED) is 0.521. The van der Waals surface area contributed by atoms with Gasteiger partial charge in [-0.05, 0) is 43.4 Å². The van der Waals surface area contributed by atoms with Crippen molar-refractivity contribution in [3.05, 3.63) is 12.2 Å². The van der Waals surface area contributed by atoms with E-state index in [1.165, 1.54) is 19.3 Å². The molecule has 11 heavy (non-hydrogen) atoms. The summed E-state index contributed by atoms with van der Waals surface area (Å²) < 4.78 is 0. The molecule has 0 radical (unpaired) electrons. The van der Waals surface area contributed by atoms with Crippen molar-refractivity contribution in [3.8, 4) is 0 Å². The summed E-state index contributed by atoms with van der Waals surface area (Å²) in [5.41, 5.74) is -0.358. The maximum atomic E-state index is 10.2. The molecule has 1 nitrogen and oxygen atoms in total. The number of fused-ring (bicyclic) bond motifs is 5. The number of hydrogen-bond donors (Lipinski definition) is 1. The Morgan fingerprint density at radius 1 is 1.36 bits per heavy atom. The summed E-state index contributed by atoms with van der Waals surface area (Å²) in [5, 5.41) is 10.2. The van der Waals surface area contributed by atoms with Crippen LogP contribution in [0.5, 0.6) is 0 Å². The Bertz CT molecular complexity index is 221. The van der Waals surface area contributed by atoms with Gasteiger partial charge in [0.05, 0.1) is 5.60 Å². The van der Waals surface area contributed by atoms with Gasteiger partial charge >= 0.3 is 0 Å². The predicted molar refractivity (Wildman–Crippen MR) is 43.0 cm³/mol. The Balaban J connectivity index is 2.05. The van der Waals surface area contributed by atoms with Crippen LogP contribution in [0.4, 0.5) is 0 Å². The summed E-state index contributed by atoms with van der Waals surface area (Å²) in [6, 6.07) is 0. The Morgan fingerprint density at radius 2 is 2.27 bits per heavy atom. The van der Waals surface area contributed by atoms with Gasteiger partial charge in [-0.2, -0.15) is 0 Å². The lowest BCUT2D eigenvalue weighted by molar-refractivity contribution is -0.00564. The first-order valence-electron chi connectivity index (χ1n) is 4.71. The zero-order valence-electron chi connectivity index (χ0n) is 6.66. The van der Waals surface area contributed by atoms with Crippen LogP contribution in [-0.2, 0) is 0 Å². The van der Waals surface area contributed by atoms with E-state index >= 15 is 0 Å². The molecule has 4 atom stereocenters. The maximum absolute atomic E-state index is 10.2. The van der Waals surface area contributed by atoms with E-state index in [2.05, 4.69) is 12.2 Å². The molecule has 3 aliphatic rings. The molecule has 3 rings (SSSR count). The second-order valence-corrected chi connectivity index (χ2v) is 4.40. The van der Waals surface area contributed by atoms with Crippen molar-refractivity contribution in [2.24, 2.45) is 17.8 Å². The summed E-state index contributed by atoms with van der Waals surface area (Å²) in [6.45, 7) is 0. The molecule has 3 aliphatic carbocycles. The van der Waals surface area contributed by atoms with E-state index in [9.17, 15) is 5.11 Å². The summed E-state index contributed by atoms with van der Waals surface area (Å²) in [6.07, 6.45) is 9.32. The van der Waals surface area contributed by atoms with Crippen molar-refractivity contribution in [3.63, 3.8) is 0 Å². The van der Waals surface area contributed by atoms with Gasteiger partial charge in [-0.1, -0.05) is 12.2 Å². The van der Waals surface area contributed by atoms with Crippen LogP contribution < -0.4 is 0 Å². The van der Waals surface area contributed by atoms with E-state index in [1.54, 1.807) is 0 Å². The van der Waals surface area contributed by atoms with Gasteiger partial charge in [0.2, 0.25) is 0 Å². The molecule has 2 saturated carbocycles. The van der Waals surface area contributed by atoms with Gasteiger partial charge in [0.15, 0.2) is 0 Å². The van der Waals surface area contributed by atoms with Crippen molar-refractivity contribution in [1.82, 2.24) is 0 Å². The molecule has 0 aromatic rings. The number of aliphatic hydroxyl groups is 1.